The summed E-state index contributed by atoms with van der Waals surface area (Å²) in [5.74, 6) is -0.461. The number of esters is 1. The predicted molar refractivity (Wildman–Crippen MR) is 80.1 cm³/mol. The zero-order valence-corrected chi connectivity index (χ0v) is 12.3. The Morgan fingerprint density at radius 2 is 1.90 bits per heavy atom. The van der Waals surface area contributed by atoms with Crippen molar-refractivity contribution in [2.75, 3.05) is 12.5 Å². The number of halogens is 1. The van der Waals surface area contributed by atoms with Crippen LogP contribution in [0.25, 0.3) is 0 Å². The lowest BCUT2D eigenvalue weighted by Crippen LogP contribution is -2.09. The summed E-state index contributed by atoms with van der Waals surface area (Å²) in [6.45, 7) is 0.306. The molecular formula is C15H14BrNO3. The van der Waals surface area contributed by atoms with Gasteiger partial charge in [-0.05, 0) is 39.7 Å². The van der Waals surface area contributed by atoms with E-state index in [9.17, 15) is 4.79 Å². The number of benzene rings is 2. The molecule has 20 heavy (non-hydrogen) atoms. The van der Waals surface area contributed by atoms with Gasteiger partial charge in [0.15, 0.2) is 6.79 Å². The summed E-state index contributed by atoms with van der Waals surface area (Å²) >= 11 is 3.27. The molecule has 0 amide bonds. The number of rotatable bonds is 5. The van der Waals surface area contributed by atoms with Crippen LogP contribution in [0.5, 0.6) is 0 Å². The third kappa shape index (κ3) is 4.08. The second kappa shape index (κ2) is 7.07. The Labute approximate surface area is 125 Å². The first-order chi connectivity index (χ1) is 9.66. The number of nitrogens with two attached hydrogens (primary N) is 1. The lowest BCUT2D eigenvalue weighted by atomic mass is 10.2. The average Bonchev–Trinajstić information content (AvgIpc) is 2.47. The lowest BCUT2D eigenvalue weighted by Gasteiger charge is -2.07. The maximum absolute atomic E-state index is 11.7. The van der Waals surface area contributed by atoms with Crippen LogP contribution in [0.15, 0.2) is 53.0 Å². The number of hydrogen-bond acceptors (Lipinski definition) is 4. The highest BCUT2D eigenvalue weighted by molar-refractivity contribution is 9.10. The summed E-state index contributed by atoms with van der Waals surface area (Å²) in [7, 11) is 0. The lowest BCUT2D eigenvalue weighted by molar-refractivity contribution is -0.0381. The minimum atomic E-state index is -0.461. The van der Waals surface area contributed by atoms with E-state index in [0.29, 0.717) is 17.9 Å². The molecule has 0 spiro atoms. The van der Waals surface area contributed by atoms with Crippen molar-refractivity contribution in [3.63, 3.8) is 0 Å². The van der Waals surface area contributed by atoms with Crippen LogP contribution in [0, 0.1) is 0 Å². The van der Waals surface area contributed by atoms with Gasteiger partial charge < -0.3 is 15.2 Å². The minimum absolute atomic E-state index is 0.0936. The van der Waals surface area contributed by atoms with Crippen molar-refractivity contribution in [3.8, 4) is 0 Å². The van der Waals surface area contributed by atoms with Gasteiger partial charge in [0.25, 0.3) is 0 Å². The largest absolute Gasteiger partial charge is 0.435 e. The normalized spacial score (nSPS) is 10.2. The molecule has 0 aliphatic rings. The first kappa shape index (κ1) is 14.6. The molecule has 0 radical (unpaired) electrons. The Morgan fingerprint density at radius 3 is 2.60 bits per heavy atom. The van der Waals surface area contributed by atoms with E-state index < -0.39 is 5.97 Å². The molecule has 104 valence electrons. The van der Waals surface area contributed by atoms with Crippen molar-refractivity contribution >= 4 is 27.6 Å². The maximum Gasteiger partial charge on any atom is 0.340 e. The summed E-state index contributed by atoms with van der Waals surface area (Å²) in [6, 6.07) is 14.6. The standard InChI is InChI=1S/C15H14BrNO3/c16-13-7-6-12(8-14(13)17)15(18)20-10-19-9-11-4-2-1-3-5-11/h1-8H,9-10,17H2. The second-order valence-electron chi connectivity index (χ2n) is 4.12. The SMILES string of the molecule is Nc1cc(C(=O)OCOCc2ccccc2)ccc1Br. The second-order valence-corrected chi connectivity index (χ2v) is 4.97. The van der Waals surface area contributed by atoms with Gasteiger partial charge in [0.2, 0.25) is 0 Å². The zero-order valence-electron chi connectivity index (χ0n) is 10.7. The van der Waals surface area contributed by atoms with Crippen LogP contribution in [0.3, 0.4) is 0 Å². The third-order valence-electron chi connectivity index (χ3n) is 2.62. The first-order valence-electron chi connectivity index (χ1n) is 6.00. The van der Waals surface area contributed by atoms with E-state index in [-0.39, 0.29) is 6.79 Å². The van der Waals surface area contributed by atoms with Crippen LogP contribution in [-0.2, 0) is 16.1 Å². The zero-order chi connectivity index (χ0) is 14.4. The number of carbonyl (C=O) groups excluding carboxylic acids is 1. The van der Waals surface area contributed by atoms with Gasteiger partial charge in [-0.15, -0.1) is 0 Å². The van der Waals surface area contributed by atoms with Crippen molar-refractivity contribution in [2.45, 2.75) is 6.61 Å². The van der Waals surface area contributed by atoms with Crippen LogP contribution < -0.4 is 5.73 Å². The molecular weight excluding hydrogens is 322 g/mol. The number of anilines is 1. The van der Waals surface area contributed by atoms with E-state index in [1.54, 1.807) is 18.2 Å². The topological polar surface area (TPSA) is 61.6 Å². The predicted octanol–water partition coefficient (Wildman–Crippen LogP) is 3.36. The summed E-state index contributed by atoms with van der Waals surface area (Å²) in [4.78, 5) is 11.7. The molecule has 0 bridgehead atoms. The van der Waals surface area contributed by atoms with Crippen LogP contribution in [0.2, 0.25) is 0 Å². The maximum atomic E-state index is 11.7. The summed E-state index contributed by atoms with van der Waals surface area (Å²) in [5, 5.41) is 0. The van der Waals surface area contributed by atoms with Gasteiger partial charge >= 0.3 is 5.97 Å². The van der Waals surface area contributed by atoms with Crippen molar-refractivity contribution in [2.24, 2.45) is 0 Å². The van der Waals surface area contributed by atoms with Crippen molar-refractivity contribution in [3.05, 3.63) is 64.1 Å². The van der Waals surface area contributed by atoms with E-state index in [2.05, 4.69) is 15.9 Å². The monoisotopic (exact) mass is 335 g/mol. The van der Waals surface area contributed by atoms with Gasteiger partial charge in [-0.2, -0.15) is 0 Å². The van der Waals surface area contributed by atoms with E-state index in [0.717, 1.165) is 10.0 Å². The average molecular weight is 336 g/mol. The fourth-order valence-electron chi connectivity index (χ4n) is 1.58. The molecule has 0 unspecified atom stereocenters. The van der Waals surface area contributed by atoms with Crippen molar-refractivity contribution in [1.82, 2.24) is 0 Å². The molecule has 2 N–H and O–H groups in total. The number of carbonyl (C=O) groups is 1. The molecule has 2 rings (SSSR count). The molecule has 2 aromatic rings. The highest BCUT2D eigenvalue weighted by Gasteiger charge is 2.08. The van der Waals surface area contributed by atoms with Gasteiger partial charge in [0.1, 0.15) is 0 Å². The van der Waals surface area contributed by atoms with Crippen molar-refractivity contribution < 1.29 is 14.3 Å². The Hall–Kier alpha value is -1.85. The van der Waals surface area contributed by atoms with Gasteiger partial charge in [0, 0.05) is 10.2 Å². The Morgan fingerprint density at radius 1 is 1.15 bits per heavy atom. The fourth-order valence-corrected chi connectivity index (χ4v) is 1.83. The molecule has 0 saturated heterocycles. The molecule has 0 heterocycles. The molecule has 0 saturated carbocycles. The molecule has 2 aromatic carbocycles. The van der Waals surface area contributed by atoms with Gasteiger partial charge in [-0.3, -0.25) is 0 Å². The molecule has 0 atom stereocenters. The molecule has 0 aliphatic heterocycles. The van der Waals surface area contributed by atoms with Crippen LogP contribution in [-0.4, -0.2) is 12.8 Å². The highest BCUT2D eigenvalue weighted by atomic mass is 79.9. The molecule has 0 fully saturated rings. The first-order valence-corrected chi connectivity index (χ1v) is 6.80. The number of nitrogen functional groups attached to an aromatic ring is 1. The van der Waals surface area contributed by atoms with Gasteiger partial charge in [0.05, 0.1) is 12.2 Å². The van der Waals surface area contributed by atoms with Crippen LogP contribution in [0.4, 0.5) is 5.69 Å². The summed E-state index contributed by atoms with van der Waals surface area (Å²) in [6.07, 6.45) is 0. The highest BCUT2D eigenvalue weighted by Crippen LogP contribution is 2.20. The molecule has 0 aromatic heterocycles. The van der Waals surface area contributed by atoms with Crippen LogP contribution in [0.1, 0.15) is 15.9 Å². The van der Waals surface area contributed by atoms with Crippen molar-refractivity contribution in [1.29, 1.82) is 0 Å². The van der Waals surface area contributed by atoms with E-state index in [4.69, 9.17) is 15.2 Å². The third-order valence-corrected chi connectivity index (χ3v) is 3.34. The summed E-state index contributed by atoms with van der Waals surface area (Å²) in [5.41, 5.74) is 7.62. The molecule has 0 aliphatic carbocycles. The van der Waals surface area contributed by atoms with E-state index >= 15 is 0 Å². The smallest absolute Gasteiger partial charge is 0.340 e. The van der Waals surface area contributed by atoms with Gasteiger partial charge in [-0.25, -0.2) is 4.79 Å². The van der Waals surface area contributed by atoms with E-state index in [1.807, 2.05) is 30.3 Å². The number of hydrogen-bond donors (Lipinski definition) is 1. The Bertz CT molecular complexity index is 587. The summed E-state index contributed by atoms with van der Waals surface area (Å²) < 4.78 is 11.0. The number of ether oxygens (including phenoxy) is 2. The van der Waals surface area contributed by atoms with Crippen LogP contribution >= 0.6 is 15.9 Å². The van der Waals surface area contributed by atoms with E-state index in [1.165, 1.54) is 0 Å². The minimum Gasteiger partial charge on any atom is -0.435 e. The molecule has 4 nitrogen and oxygen atoms in total. The quantitative estimate of drug-likeness (QED) is 0.394. The Balaban J connectivity index is 1.79. The Kier molecular flexibility index (Phi) is 5.15. The fraction of sp³-hybridized carbons (Fsp3) is 0.133. The van der Waals surface area contributed by atoms with Gasteiger partial charge in [-0.1, -0.05) is 30.3 Å². The molecule has 5 heteroatoms.